The van der Waals surface area contributed by atoms with Gasteiger partial charge in [-0.05, 0) is 49.7 Å². The van der Waals surface area contributed by atoms with Crippen LogP contribution in [-0.4, -0.2) is 53.0 Å². The Morgan fingerprint density at radius 2 is 2.03 bits per heavy atom. The maximum atomic E-state index is 12.8. The molecule has 3 aromatic heterocycles. The first-order valence-corrected chi connectivity index (χ1v) is 11.8. The first-order valence-electron chi connectivity index (χ1n) is 11.8. The minimum atomic E-state index is 0.0926. The fourth-order valence-electron chi connectivity index (χ4n) is 4.22. The molecule has 8 nitrogen and oxygen atoms in total. The Hall–Kier alpha value is -3.55. The number of fused-ring (bicyclic) bond motifs is 1. The van der Waals surface area contributed by atoms with Crippen LogP contribution in [0, 0.1) is 5.92 Å². The van der Waals surface area contributed by atoms with E-state index in [4.69, 9.17) is 19.4 Å². The molecule has 0 spiro atoms. The van der Waals surface area contributed by atoms with E-state index in [0.29, 0.717) is 29.7 Å². The number of pyridine rings is 2. The molecule has 0 N–H and O–H groups in total. The molecule has 0 aliphatic heterocycles. The smallest absolute Gasteiger partial charge is 0.212 e. The van der Waals surface area contributed by atoms with Crippen molar-refractivity contribution in [2.45, 2.75) is 38.5 Å². The van der Waals surface area contributed by atoms with E-state index in [1.807, 2.05) is 30.1 Å². The topological polar surface area (TPSA) is 90.3 Å². The molecule has 0 bridgehead atoms. The van der Waals surface area contributed by atoms with Crippen LogP contribution < -0.4 is 14.4 Å². The second-order valence-corrected chi connectivity index (χ2v) is 9.06. The lowest BCUT2D eigenvalue weighted by Gasteiger charge is -2.21. The highest BCUT2D eigenvalue weighted by atomic mass is 16.5. The number of methoxy groups -OCH3 is 1. The van der Waals surface area contributed by atoms with Gasteiger partial charge in [-0.3, -0.25) is 9.78 Å². The van der Waals surface area contributed by atoms with Crippen LogP contribution in [0.25, 0.3) is 11.5 Å². The maximum absolute atomic E-state index is 12.8. The fraction of sp³-hybridized carbons (Fsp3) is 0.423. The van der Waals surface area contributed by atoms with Gasteiger partial charge in [0.1, 0.15) is 17.3 Å². The van der Waals surface area contributed by atoms with Gasteiger partial charge in [-0.25, -0.2) is 15.0 Å². The summed E-state index contributed by atoms with van der Waals surface area (Å²) in [6.45, 7) is 1.00. The molecule has 0 radical (unpaired) electrons. The van der Waals surface area contributed by atoms with Gasteiger partial charge >= 0.3 is 0 Å². The number of hydrogen-bond donors (Lipinski definition) is 0. The molecular formula is C26H29N5O3. The molecule has 176 valence electrons. The number of rotatable bonds is 10. The molecule has 0 amide bonds. The van der Waals surface area contributed by atoms with Crippen LogP contribution in [-0.2, 0) is 24.1 Å². The summed E-state index contributed by atoms with van der Waals surface area (Å²) in [5.74, 6) is 3.48. The van der Waals surface area contributed by atoms with Crippen molar-refractivity contribution in [2.24, 2.45) is 5.92 Å². The van der Waals surface area contributed by atoms with Crippen molar-refractivity contribution >= 4 is 11.6 Å². The molecule has 0 unspecified atom stereocenters. The average Bonchev–Trinajstić information content (AvgIpc) is 3.57. The molecule has 5 rings (SSSR count). The van der Waals surface area contributed by atoms with Gasteiger partial charge in [-0.15, -0.1) is 0 Å². The lowest BCUT2D eigenvalue weighted by Crippen LogP contribution is -2.28. The van der Waals surface area contributed by atoms with Crippen LogP contribution in [0.4, 0.5) is 5.82 Å². The van der Waals surface area contributed by atoms with Crippen molar-refractivity contribution in [3.05, 3.63) is 53.5 Å². The van der Waals surface area contributed by atoms with Crippen LogP contribution in [0.15, 0.2) is 36.7 Å². The predicted molar refractivity (Wildman–Crippen MR) is 128 cm³/mol. The molecule has 2 aliphatic rings. The van der Waals surface area contributed by atoms with Crippen LogP contribution in [0.3, 0.4) is 0 Å². The van der Waals surface area contributed by atoms with Gasteiger partial charge in [-0.2, -0.15) is 0 Å². The summed E-state index contributed by atoms with van der Waals surface area (Å²) in [6, 6.07) is 7.42. The summed E-state index contributed by atoms with van der Waals surface area (Å²) in [5.41, 5.74) is 3.73. The number of carbonyl (C=O) groups excluding carboxylic acids is 1. The van der Waals surface area contributed by atoms with E-state index < -0.39 is 0 Å². The summed E-state index contributed by atoms with van der Waals surface area (Å²) < 4.78 is 11.0. The molecule has 3 aromatic rings. The number of ether oxygens (including phenoxy) is 2. The third-order valence-electron chi connectivity index (χ3n) is 6.24. The number of ketones is 1. The van der Waals surface area contributed by atoms with Gasteiger partial charge in [0.05, 0.1) is 20.3 Å². The summed E-state index contributed by atoms with van der Waals surface area (Å²) in [4.78, 5) is 33.1. The zero-order valence-electron chi connectivity index (χ0n) is 19.7. The molecule has 0 aromatic carbocycles. The zero-order valence-corrected chi connectivity index (χ0v) is 19.7. The lowest BCUT2D eigenvalue weighted by molar-refractivity contribution is -0.117. The largest absolute Gasteiger partial charge is 0.493 e. The predicted octanol–water partition coefficient (Wildman–Crippen LogP) is 3.47. The number of hydrogen-bond acceptors (Lipinski definition) is 8. The second kappa shape index (κ2) is 9.75. The summed E-state index contributed by atoms with van der Waals surface area (Å²) in [6.07, 6.45) is 9.09. The molecule has 8 heteroatoms. The number of aromatic nitrogens is 4. The third kappa shape index (κ3) is 5.16. The number of anilines is 1. The first-order chi connectivity index (χ1) is 16.6. The molecule has 34 heavy (non-hydrogen) atoms. The third-order valence-corrected chi connectivity index (χ3v) is 6.24. The molecule has 1 fully saturated rings. The van der Waals surface area contributed by atoms with Crippen molar-refractivity contribution in [1.82, 2.24) is 19.9 Å². The Morgan fingerprint density at radius 3 is 2.79 bits per heavy atom. The van der Waals surface area contributed by atoms with Crippen LogP contribution >= 0.6 is 0 Å². The van der Waals surface area contributed by atoms with Gasteiger partial charge < -0.3 is 14.4 Å². The highest BCUT2D eigenvalue weighted by Gasteiger charge is 2.24. The van der Waals surface area contributed by atoms with E-state index in [-0.39, 0.29) is 12.3 Å². The van der Waals surface area contributed by atoms with E-state index in [9.17, 15) is 4.79 Å². The Bertz CT molecular complexity index is 1180. The Labute approximate surface area is 199 Å². The normalized spacial score (nSPS) is 14.5. The SMILES string of the molecule is COc1ccc(CC(=O)CN(C)c2nc(-c3cc(OCC4CC4)ccn3)nc3c2CCC3)cn1. The van der Waals surface area contributed by atoms with E-state index in [2.05, 4.69) is 9.97 Å². The molecule has 0 atom stereocenters. The van der Waals surface area contributed by atoms with E-state index >= 15 is 0 Å². The van der Waals surface area contributed by atoms with Crippen molar-refractivity contribution in [3.8, 4) is 23.1 Å². The molecule has 2 aliphatic carbocycles. The van der Waals surface area contributed by atoms with Gasteiger partial charge in [0, 0.05) is 49.3 Å². The van der Waals surface area contributed by atoms with Crippen molar-refractivity contribution in [1.29, 1.82) is 0 Å². The number of carbonyl (C=O) groups is 1. The number of likely N-dealkylation sites (N-methyl/N-ethyl adjacent to an activating group) is 1. The minimum Gasteiger partial charge on any atom is -0.493 e. The van der Waals surface area contributed by atoms with Crippen molar-refractivity contribution < 1.29 is 14.3 Å². The fourth-order valence-corrected chi connectivity index (χ4v) is 4.22. The van der Waals surface area contributed by atoms with E-state index in [1.165, 1.54) is 12.8 Å². The van der Waals surface area contributed by atoms with Gasteiger partial charge in [0.25, 0.3) is 0 Å². The molecule has 1 saturated carbocycles. The number of aryl methyl sites for hydroxylation is 1. The maximum Gasteiger partial charge on any atom is 0.212 e. The van der Waals surface area contributed by atoms with Gasteiger partial charge in [-0.1, -0.05) is 6.07 Å². The standard InChI is InChI=1S/C26H29N5O3/c1-31(15-19(32)12-18-8-9-24(33-2)28-14-18)26-21-4-3-5-22(21)29-25(30-26)23-13-20(10-11-27-23)34-16-17-6-7-17/h8-11,13-14,17H,3-7,12,15-16H2,1-2H3. The average molecular weight is 460 g/mol. The van der Waals surface area contributed by atoms with Crippen molar-refractivity contribution in [2.75, 3.05) is 32.2 Å². The highest BCUT2D eigenvalue weighted by molar-refractivity contribution is 5.85. The minimum absolute atomic E-state index is 0.0926. The molecule has 0 saturated heterocycles. The van der Waals surface area contributed by atoms with Gasteiger partial charge in [0.15, 0.2) is 11.6 Å². The summed E-state index contributed by atoms with van der Waals surface area (Å²) >= 11 is 0. The number of Topliss-reactive ketones (excluding diaryl/α,β-unsaturated/α-hetero) is 1. The quantitative estimate of drug-likeness (QED) is 0.455. The Morgan fingerprint density at radius 1 is 1.15 bits per heavy atom. The van der Waals surface area contributed by atoms with Crippen LogP contribution in [0.2, 0.25) is 0 Å². The van der Waals surface area contributed by atoms with E-state index in [1.54, 1.807) is 25.6 Å². The molecular weight excluding hydrogens is 430 g/mol. The number of nitrogens with zero attached hydrogens (tertiary/aromatic N) is 5. The van der Waals surface area contributed by atoms with Crippen LogP contribution in [0.5, 0.6) is 11.6 Å². The lowest BCUT2D eigenvalue weighted by atomic mass is 10.1. The van der Waals surface area contributed by atoms with Gasteiger partial charge in [0.2, 0.25) is 5.88 Å². The summed E-state index contributed by atoms with van der Waals surface area (Å²) in [5, 5.41) is 0. The second-order valence-electron chi connectivity index (χ2n) is 9.06. The highest BCUT2D eigenvalue weighted by Crippen LogP contribution is 2.32. The Balaban J connectivity index is 1.34. The van der Waals surface area contributed by atoms with E-state index in [0.717, 1.165) is 54.3 Å². The monoisotopic (exact) mass is 459 g/mol. The molecule has 3 heterocycles. The Kier molecular flexibility index (Phi) is 6.38. The van der Waals surface area contributed by atoms with Crippen LogP contribution in [0.1, 0.15) is 36.1 Å². The summed E-state index contributed by atoms with van der Waals surface area (Å²) in [7, 11) is 3.49. The zero-order chi connectivity index (χ0) is 23.5. The first kappa shape index (κ1) is 22.3. The van der Waals surface area contributed by atoms with Crippen molar-refractivity contribution in [3.63, 3.8) is 0 Å².